The first-order valence-electron chi connectivity index (χ1n) is 8.05. The summed E-state index contributed by atoms with van der Waals surface area (Å²) < 4.78 is 0. The number of carbonyl (C=O) groups excluding carboxylic acids is 2. The Hall–Kier alpha value is -2.86. The molecule has 0 saturated heterocycles. The van der Waals surface area contributed by atoms with Crippen molar-refractivity contribution in [3.05, 3.63) is 36.4 Å². The molecule has 146 valence electrons. The minimum Gasteiger partial charge on any atom is -0.480 e. The third-order valence-corrected chi connectivity index (χ3v) is 4.13. The third-order valence-electron chi connectivity index (χ3n) is 3.74. The van der Waals surface area contributed by atoms with Gasteiger partial charge < -0.3 is 31.4 Å². The Kier molecular flexibility index (Phi) is 7.37. The number of carboxylic acids is 1. The van der Waals surface area contributed by atoms with Crippen molar-refractivity contribution in [2.24, 2.45) is 5.73 Å². The molecule has 0 fully saturated rings. The molecule has 0 aliphatic heterocycles. The number of carboxylic acid groups (broad SMARTS) is 1. The fourth-order valence-electron chi connectivity index (χ4n) is 2.28. The molecule has 2 aromatic heterocycles. The van der Waals surface area contributed by atoms with Crippen LogP contribution in [0.4, 0.5) is 0 Å². The van der Waals surface area contributed by atoms with E-state index in [1.165, 1.54) is 25.0 Å². The summed E-state index contributed by atoms with van der Waals surface area (Å²) in [7, 11) is 0. The summed E-state index contributed by atoms with van der Waals surface area (Å²) in [6.45, 7) is 0. The molecule has 27 heavy (non-hydrogen) atoms. The molecule has 0 aliphatic carbocycles. The third kappa shape index (κ3) is 6.11. The van der Waals surface area contributed by atoms with Crippen LogP contribution in [0, 0.1) is 0 Å². The number of aliphatic carboxylic acids is 1. The normalized spacial score (nSPS) is 14.1. The van der Waals surface area contributed by atoms with Crippen LogP contribution in [-0.4, -0.2) is 66.7 Å². The Balaban J connectivity index is 2.10. The summed E-state index contributed by atoms with van der Waals surface area (Å²) in [5, 5.41) is 14.3. The van der Waals surface area contributed by atoms with Gasteiger partial charge in [-0.1, -0.05) is 0 Å². The van der Waals surface area contributed by atoms with Crippen LogP contribution >= 0.6 is 12.6 Å². The zero-order valence-corrected chi connectivity index (χ0v) is 15.1. The number of thiol groups is 1. The van der Waals surface area contributed by atoms with Gasteiger partial charge in [-0.05, 0) is 0 Å². The van der Waals surface area contributed by atoms with E-state index < -0.39 is 35.9 Å². The number of amides is 2. The molecule has 7 N–H and O–H groups in total. The lowest BCUT2D eigenvalue weighted by Gasteiger charge is -2.22. The number of aromatic nitrogens is 4. The van der Waals surface area contributed by atoms with Crippen molar-refractivity contribution in [1.82, 2.24) is 30.6 Å². The zero-order chi connectivity index (χ0) is 19.8. The van der Waals surface area contributed by atoms with Gasteiger partial charge in [-0.2, -0.15) is 12.6 Å². The number of rotatable bonds is 10. The number of hydrogen-bond acceptors (Lipinski definition) is 7. The van der Waals surface area contributed by atoms with Crippen molar-refractivity contribution in [3.8, 4) is 0 Å². The molecule has 2 aromatic rings. The van der Waals surface area contributed by atoms with E-state index in [1.54, 1.807) is 0 Å². The molecule has 12 heteroatoms. The smallest absolute Gasteiger partial charge is 0.326 e. The molecule has 0 radical (unpaired) electrons. The summed E-state index contributed by atoms with van der Waals surface area (Å²) in [4.78, 5) is 49.5. The van der Waals surface area contributed by atoms with Crippen LogP contribution in [0.2, 0.25) is 0 Å². The SMILES string of the molecule is NC(CS)C(=O)NC(Cc1cnc[nH]1)C(=O)NC(Cc1cnc[nH]1)C(=O)O. The summed E-state index contributed by atoms with van der Waals surface area (Å²) in [6, 6.07) is -3.13. The summed E-state index contributed by atoms with van der Waals surface area (Å²) in [5.41, 5.74) is 6.78. The maximum atomic E-state index is 12.7. The largest absolute Gasteiger partial charge is 0.480 e. The quantitative estimate of drug-likeness (QED) is 0.233. The van der Waals surface area contributed by atoms with Crippen molar-refractivity contribution >= 4 is 30.4 Å². The predicted molar refractivity (Wildman–Crippen MR) is 97.9 cm³/mol. The van der Waals surface area contributed by atoms with E-state index in [0.717, 1.165) is 0 Å². The highest BCUT2D eigenvalue weighted by Gasteiger charge is 2.28. The second kappa shape index (κ2) is 9.73. The van der Waals surface area contributed by atoms with Crippen LogP contribution in [0.25, 0.3) is 0 Å². The number of aromatic amines is 2. The molecule has 2 rings (SSSR count). The lowest BCUT2D eigenvalue weighted by molar-refractivity contribution is -0.142. The molecule has 0 aliphatic rings. The van der Waals surface area contributed by atoms with Gasteiger partial charge in [-0.3, -0.25) is 9.59 Å². The first-order chi connectivity index (χ1) is 12.9. The monoisotopic (exact) mass is 395 g/mol. The Morgan fingerprint density at radius 3 is 2.00 bits per heavy atom. The number of hydrogen-bond donors (Lipinski definition) is 7. The van der Waals surface area contributed by atoms with Crippen molar-refractivity contribution in [3.63, 3.8) is 0 Å². The average Bonchev–Trinajstić information content (AvgIpc) is 3.33. The van der Waals surface area contributed by atoms with Crippen molar-refractivity contribution < 1.29 is 19.5 Å². The second-order valence-electron chi connectivity index (χ2n) is 5.81. The Morgan fingerprint density at radius 1 is 1.04 bits per heavy atom. The van der Waals surface area contributed by atoms with E-state index >= 15 is 0 Å². The topological polar surface area (TPSA) is 179 Å². The van der Waals surface area contributed by atoms with Gasteiger partial charge in [0.15, 0.2) is 0 Å². The summed E-state index contributed by atoms with van der Waals surface area (Å²) in [6.07, 6.45) is 5.93. The predicted octanol–water partition coefficient (Wildman–Crippen LogP) is -1.77. The van der Waals surface area contributed by atoms with Gasteiger partial charge in [0.2, 0.25) is 11.8 Å². The average molecular weight is 395 g/mol. The number of carbonyl (C=O) groups is 3. The number of nitrogens with two attached hydrogens (primary N) is 1. The van der Waals surface area contributed by atoms with Gasteiger partial charge in [0.05, 0.1) is 18.7 Å². The number of nitrogens with one attached hydrogen (secondary N) is 4. The Labute approximate surface area is 160 Å². The molecule has 0 spiro atoms. The van der Waals surface area contributed by atoms with E-state index in [-0.39, 0.29) is 18.6 Å². The van der Waals surface area contributed by atoms with Crippen LogP contribution in [0.5, 0.6) is 0 Å². The number of imidazole rings is 2. The lowest BCUT2D eigenvalue weighted by atomic mass is 10.1. The van der Waals surface area contributed by atoms with E-state index in [4.69, 9.17) is 5.73 Å². The molecule has 11 nitrogen and oxygen atoms in total. The zero-order valence-electron chi connectivity index (χ0n) is 14.3. The van der Waals surface area contributed by atoms with Crippen molar-refractivity contribution in [1.29, 1.82) is 0 Å². The standard InChI is InChI=1S/C15H21N7O4S/c16-10(5-27)13(23)21-11(1-8-3-17-6-19-8)14(24)22-12(15(25)26)2-9-4-18-7-20-9/h3-4,6-7,10-12,27H,1-2,5,16H2,(H,17,19)(H,18,20)(H,21,23)(H,22,24)(H,25,26). The molecule has 0 saturated carbocycles. The van der Waals surface area contributed by atoms with Crippen LogP contribution in [0.1, 0.15) is 11.4 Å². The molecule has 3 unspecified atom stereocenters. The maximum absolute atomic E-state index is 12.7. The fourth-order valence-corrected chi connectivity index (χ4v) is 2.44. The van der Waals surface area contributed by atoms with Gasteiger partial charge in [0.1, 0.15) is 12.1 Å². The maximum Gasteiger partial charge on any atom is 0.326 e. The van der Waals surface area contributed by atoms with Gasteiger partial charge in [0, 0.05) is 42.4 Å². The molecule has 2 heterocycles. The van der Waals surface area contributed by atoms with Crippen molar-refractivity contribution in [2.45, 2.75) is 31.0 Å². The van der Waals surface area contributed by atoms with E-state index in [0.29, 0.717) is 11.4 Å². The highest BCUT2D eigenvalue weighted by molar-refractivity contribution is 7.80. The molecule has 0 bridgehead atoms. The highest BCUT2D eigenvalue weighted by atomic mass is 32.1. The van der Waals surface area contributed by atoms with Crippen molar-refractivity contribution in [2.75, 3.05) is 5.75 Å². The van der Waals surface area contributed by atoms with Crippen LogP contribution < -0.4 is 16.4 Å². The first-order valence-corrected chi connectivity index (χ1v) is 8.68. The molecular weight excluding hydrogens is 374 g/mol. The lowest BCUT2D eigenvalue weighted by Crippen LogP contribution is -2.56. The van der Waals surface area contributed by atoms with Crippen LogP contribution in [-0.2, 0) is 27.2 Å². The van der Waals surface area contributed by atoms with E-state index in [2.05, 4.69) is 43.2 Å². The molecular formula is C15H21N7O4S. The Bertz CT molecular complexity index is 750. The van der Waals surface area contributed by atoms with Gasteiger partial charge in [-0.15, -0.1) is 0 Å². The minimum atomic E-state index is -1.21. The van der Waals surface area contributed by atoms with E-state index in [1.807, 2.05) is 0 Å². The van der Waals surface area contributed by atoms with Gasteiger partial charge in [-0.25, -0.2) is 14.8 Å². The first kappa shape index (κ1) is 20.5. The molecule has 0 aromatic carbocycles. The van der Waals surface area contributed by atoms with Crippen LogP contribution in [0.15, 0.2) is 25.0 Å². The molecule has 2 amide bonds. The highest BCUT2D eigenvalue weighted by Crippen LogP contribution is 2.03. The Morgan fingerprint density at radius 2 is 1.56 bits per heavy atom. The number of H-pyrrole nitrogens is 2. The van der Waals surface area contributed by atoms with Crippen LogP contribution in [0.3, 0.4) is 0 Å². The fraction of sp³-hybridized carbons (Fsp3) is 0.400. The van der Waals surface area contributed by atoms with E-state index in [9.17, 15) is 19.5 Å². The molecule has 3 atom stereocenters. The van der Waals surface area contributed by atoms with Gasteiger partial charge >= 0.3 is 5.97 Å². The second-order valence-corrected chi connectivity index (χ2v) is 6.18. The minimum absolute atomic E-state index is 0.0158. The van der Waals surface area contributed by atoms with Gasteiger partial charge in [0.25, 0.3) is 0 Å². The summed E-state index contributed by atoms with van der Waals surface area (Å²) in [5.74, 6) is -2.33. The number of nitrogens with zero attached hydrogens (tertiary/aromatic N) is 2. The summed E-state index contributed by atoms with van der Waals surface area (Å²) >= 11 is 3.96.